The van der Waals surface area contributed by atoms with Gasteiger partial charge in [-0.25, -0.2) is 8.78 Å². The minimum absolute atomic E-state index is 0.0734. The summed E-state index contributed by atoms with van der Waals surface area (Å²) in [5.74, 6) is -0.475. The smallest absolute Gasteiger partial charge is 0.149 e. The lowest BCUT2D eigenvalue weighted by atomic mass is 10.1. The van der Waals surface area contributed by atoms with Crippen molar-refractivity contribution in [2.75, 3.05) is 5.73 Å². The van der Waals surface area contributed by atoms with Crippen molar-refractivity contribution in [3.05, 3.63) is 59.2 Å². The number of nitrogen functional groups attached to an aromatic ring is 1. The van der Waals surface area contributed by atoms with Crippen LogP contribution in [0.3, 0.4) is 0 Å². The maximum atomic E-state index is 13.2. The lowest BCUT2D eigenvalue weighted by molar-refractivity contribution is 0.303. The topological polar surface area (TPSA) is 35.2 Å². The SMILES string of the molecule is Cc1ccc(F)cc1COc1ccc(N)c(F)c1. The van der Waals surface area contributed by atoms with E-state index in [1.54, 1.807) is 12.1 Å². The molecular weight excluding hydrogens is 236 g/mol. The molecule has 0 aliphatic rings. The van der Waals surface area contributed by atoms with Crippen molar-refractivity contribution in [1.29, 1.82) is 0 Å². The van der Waals surface area contributed by atoms with Gasteiger partial charge in [-0.15, -0.1) is 0 Å². The van der Waals surface area contributed by atoms with Gasteiger partial charge in [0.05, 0.1) is 5.69 Å². The van der Waals surface area contributed by atoms with E-state index in [1.165, 1.54) is 24.3 Å². The van der Waals surface area contributed by atoms with Crippen LogP contribution in [0.15, 0.2) is 36.4 Å². The first-order chi connectivity index (χ1) is 8.56. The molecule has 4 heteroatoms. The summed E-state index contributed by atoms with van der Waals surface area (Å²) in [5, 5.41) is 0. The van der Waals surface area contributed by atoms with E-state index in [0.717, 1.165) is 11.1 Å². The Kier molecular flexibility index (Phi) is 3.46. The summed E-state index contributed by atoms with van der Waals surface area (Å²) in [6.07, 6.45) is 0. The van der Waals surface area contributed by atoms with E-state index in [1.807, 2.05) is 6.92 Å². The van der Waals surface area contributed by atoms with Crippen molar-refractivity contribution >= 4 is 5.69 Å². The Hall–Kier alpha value is -2.10. The Morgan fingerprint density at radius 1 is 1.11 bits per heavy atom. The zero-order chi connectivity index (χ0) is 13.1. The number of nitrogens with two attached hydrogens (primary N) is 1. The van der Waals surface area contributed by atoms with Gasteiger partial charge in [-0.3, -0.25) is 0 Å². The zero-order valence-corrected chi connectivity index (χ0v) is 9.91. The molecule has 0 unspecified atom stereocenters. The lowest BCUT2D eigenvalue weighted by Gasteiger charge is -2.09. The molecule has 0 aliphatic heterocycles. The molecule has 2 rings (SSSR count). The third-order valence-electron chi connectivity index (χ3n) is 2.68. The number of benzene rings is 2. The van der Waals surface area contributed by atoms with Gasteiger partial charge in [-0.2, -0.15) is 0 Å². The van der Waals surface area contributed by atoms with Crippen molar-refractivity contribution in [2.45, 2.75) is 13.5 Å². The number of hydrogen-bond donors (Lipinski definition) is 1. The molecule has 2 aromatic carbocycles. The monoisotopic (exact) mass is 249 g/mol. The maximum Gasteiger partial charge on any atom is 0.149 e. The Morgan fingerprint density at radius 3 is 2.61 bits per heavy atom. The van der Waals surface area contributed by atoms with Crippen LogP contribution in [0.25, 0.3) is 0 Å². The molecule has 2 aromatic rings. The van der Waals surface area contributed by atoms with Crippen molar-refractivity contribution in [3.8, 4) is 5.75 Å². The molecule has 0 saturated heterocycles. The van der Waals surface area contributed by atoms with Crippen LogP contribution < -0.4 is 10.5 Å². The minimum Gasteiger partial charge on any atom is -0.489 e. The third-order valence-corrected chi connectivity index (χ3v) is 2.68. The van der Waals surface area contributed by atoms with Gasteiger partial charge in [0.25, 0.3) is 0 Å². The van der Waals surface area contributed by atoms with Crippen LogP contribution in [-0.2, 0) is 6.61 Å². The second kappa shape index (κ2) is 5.04. The molecule has 0 spiro atoms. The molecule has 0 amide bonds. The first-order valence-corrected chi connectivity index (χ1v) is 5.49. The van der Waals surface area contributed by atoms with Crippen LogP contribution in [0.5, 0.6) is 5.75 Å². The zero-order valence-electron chi connectivity index (χ0n) is 9.91. The Morgan fingerprint density at radius 2 is 1.89 bits per heavy atom. The van der Waals surface area contributed by atoms with Gasteiger partial charge in [0, 0.05) is 6.07 Å². The molecule has 2 nitrogen and oxygen atoms in total. The summed E-state index contributed by atoms with van der Waals surface area (Å²) in [5.41, 5.74) is 7.09. The van der Waals surface area contributed by atoms with Gasteiger partial charge in [0.15, 0.2) is 0 Å². The first-order valence-electron chi connectivity index (χ1n) is 5.49. The highest BCUT2D eigenvalue weighted by atomic mass is 19.1. The fraction of sp³-hybridized carbons (Fsp3) is 0.143. The predicted molar refractivity (Wildman–Crippen MR) is 66.3 cm³/mol. The van der Waals surface area contributed by atoms with Crippen molar-refractivity contribution in [2.24, 2.45) is 0 Å². The van der Waals surface area contributed by atoms with Gasteiger partial charge in [-0.05, 0) is 42.3 Å². The van der Waals surface area contributed by atoms with Gasteiger partial charge in [0.2, 0.25) is 0 Å². The number of halogens is 2. The number of aryl methyl sites for hydroxylation is 1. The number of rotatable bonds is 3. The van der Waals surface area contributed by atoms with Crippen LogP contribution in [0.4, 0.5) is 14.5 Å². The van der Waals surface area contributed by atoms with E-state index < -0.39 is 5.82 Å². The molecule has 0 fully saturated rings. The molecule has 2 N–H and O–H groups in total. The van der Waals surface area contributed by atoms with Crippen LogP contribution in [0, 0.1) is 18.6 Å². The summed E-state index contributed by atoms with van der Waals surface area (Å²) in [7, 11) is 0. The van der Waals surface area contributed by atoms with Gasteiger partial charge in [-0.1, -0.05) is 6.07 Å². The molecule has 0 radical (unpaired) electrons. The Labute approximate surface area is 104 Å². The van der Waals surface area contributed by atoms with E-state index in [4.69, 9.17) is 10.5 Å². The fourth-order valence-corrected chi connectivity index (χ4v) is 1.55. The summed E-state index contributed by atoms with van der Waals surface area (Å²) in [6, 6.07) is 8.70. The van der Waals surface area contributed by atoms with Crippen LogP contribution in [-0.4, -0.2) is 0 Å². The molecule has 0 aliphatic carbocycles. The molecule has 0 saturated carbocycles. The van der Waals surface area contributed by atoms with E-state index in [-0.39, 0.29) is 18.1 Å². The largest absolute Gasteiger partial charge is 0.489 e. The number of ether oxygens (including phenoxy) is 1. The van der Waals surface area contributed by atoms with E-state index in [2.05, 4.69) is 0 Å². The average Bonchev–Trinajstić information content (AvgIpc) is 2.34. The lowest BCUT2D eigenvalue weighted by Crippen LogP contribution is -1.99. The molecule has 0 atom stereocenters. The van der Waals surface area contributed by atoms with Crippen LogP contribution in [0.1, 0.15) is 11.1 Å². The molecule has 18 heavy (non-hydrogen) atoms. The number of hydrogen-bond acceptors (Lipinski definition) is 2. The summed E-state index contributed by atoms with van der Waals surface area (Å²) in [4.78, 5) is 0. The van der Waals surface area contributed by atoms with Crippen LogP contribution in [0.2, 0.25) is 0 Å². The first kappa shape index (κ1) is 12.4. The Balaban J connectivity index is 2.11. The standard InChI is InChI=1S/C14H13F2NO/c1-9-2-3-11(15)6-10(9)8-18-12-4-5-14(17)13(16)7-12/h2-7H,8,17H2,1H3. The number of anilines is 1. The summed E-state index contributed by atoms with van der Waals surface area (Å²) >= 11 is 0. The van der Waals surface area contributed by atoms with Crippen LogP contribution >= 0.6 is 0 Å². The highest BCUT2D eigenvalue weighted by Crippen LogP contribution is 2.20. The van der Waals surface area contributed by atoms with Gasteiger partial charge in [0.1, 0.15) is 24.0 Å². The molecule has 94 valence electrons. The molecule has 0 bridgehead atoms. The minimum atomic E-state index is -0.525. The quantitative estimate of drug-likeness (QED) is 0.846. The van der Waals surface area contributed by atoms with Crippen molar-refractivity contribution in [3.63, 3.8) is 0 Å². The normalized spacial score (nSPS) is 10.4. The second-order valence-corrected chi connectivity index (χ2v) is 4.04. The van der Waals surface area contributed by atoms with Crippen molar-refractivity contribution < 1.29 is 13.5 Å². The van der Waals surface area contributed by atoms with Gasteiger partial charge < -0.3 is 10.5 Å². The van der Waals surface area contributed by atoms with E-state index in [9.17, 15) is 8.78 Å². The Bertz CT molecular complexity index is 570. The summed E-state index contributed by atoms with van der Waals surface area (Å²) < 4.78 is 31.6. The summed E-state index contributed by atoms with van der Waals surface area (Å²) in [6.45, 7) is 2.05. The highest BCUT2D eigenvalue weighted by molar-refractivity contribution is 5.43. The second-order valence-electron chi connectivity index (χ2n) is 4.04. The average molecular weight is 249 g/mol. The molecular formula is C14H13F2NO. The maximum absolute atomic E-state index is 13.2. The molecule has 0 heterocycles. The van der Waals surface area contributed by atoms with E-state index >= 15 is 0 Å². The predicted octanol–water partition coefficient (Wildman–Crippen LogP) is 3.43. The van der Waals surface area contributed by atoms with Gasteiger partial charge >= 0.3 is 0 Å². The van der Waals surface area contributed by atoms with E-state index in [0.29, 0.717) is 5.75 Å². The van der Waals surface area contributed by atoms with Crippen molar-refractivity contribution in [1.82, 2.24) is 0 Å². The molecule has 0 aromatic heterocycles. The fourth-order valence-electron chi connectivity index (χ4n) is 1.55. The third kappa shape index (κ3) is 2.77. The highest BCUT2D eigenvalue weighted by Gasteiger charge is 2.04.